The van der Waals surface area contributed by atoms with Gasteiger partial charge in [-0.25, -0.2) is 8.78 Å². The van der Waals surface area contributed by atoms with E-state index in [2.05, 4.69) is 9.55 Å². The first-order chi connectivity index (χ1) is 10.1. The van der Waals surface area contributed by atoms with Crippen molar-refractivity contribution in [2.45, 2.75) is 27.1 Å². The zero-order chi connectivity index (χ0) is 15.0. The minimum Gasteiger partial charge on any atom is -0.339 e. The summed E-state index contributed by atoms with van der Waals surface area (Å²) in [6, 6.07) is 8.36. The third-order valence-electron chi connectivity index (χ3n) is 3.95. The van der Waals surface area contributed by atoms with Crippen LogP contribution in [0.15, 0.2) is 36.5 Å². The molecule has 0 aliphatic heterocycles. The zero-order valence-electron chi connectivity index (χ0n) is 12.0. The average Bonchev–Trinajstić information content (AvgIpc) is 2.72. The Bertz CT molecular complexity index is 806. The third kappa shape index (κ3) is 2.42. The maximum absolute atomic E-state index is 13.3. The van der Waals surface area contributed by atoms with E-state index in [9.17, 15) is 8.78 Å². The molecule has 0 fully saturated rings. The Hall–Kier alpha value is -2.23. The highest BCUT2D eigenvalue weighted by molar-refractivity contribution is 5.85. The van der Waals surface area contributed by atoms with E-state index in [1.165, 1.54) is 12.1 Å². The van der Waals surface area contributed by atoms with Gasteiger partial charge in [0.1, 0.15) is 12.5 Å². The van der Waals surface area contributed by atoms with Gasteiger partial charge in [0.15, 0.2) is 0 Å². The lowest BCUT2D eigenvalue weighted by molar-refractivity contribution is 0.476. The van der Waals surface area contributed by atoms with E-state index in [0.717, 1.165) is 27.7 Å². The summed E-state index contributed by atoms with van der Waals surface area (Å²) in [6.45, 7) is 4.04. The van der Waals surface area contributed by atoms with Crippen LogP contribution >= 0.6 is 0 Å². The van der Waals surface area contributed by atoms with Crippen LogP contribution in [0, 0.1) is 19.7 Å². The van der Waals surface area contributed by atoms with Gasteiger partial charge in [-0.15, -0.1) is 0 Å². The van der Waals surface area contributed by atoms with Crippen molar-refractivity contribution in [1.82, 2.24) is 9.55 Å². The number of nitrogens with zero attached hydrogens (tertiary/aromatic N) is 2. The van der Waals surface area contributed by atoms with Crippen LogP contribution in [0.5, 0.6) is 0 Å². The molecule has 0 unspecified atom stereocenters. The maximum Gasteiger partial charge on any atom is 0.131 e. The second-order valence-electron chi connectivity index (χ2n) is 5.25. The number of fused-ring (bicyclic) bond motifs is 1. The topological polar surface area (TPSA) is 17.8 Å². The largest absolute Gasteiger partial charge is 0.339 e. The minimum atomic E-state index is -0.566. The molecular weight excluding hydrogens is 270 g/mol. The molecule has 0 aliphatic carbocycles. The summed E-state index contributed by atoms with van der Waals surface area (Å²) >= 11 is 0. The normalized spacial score (nSPS) is 11.2. The number of aromatic nitrogens is 2. The van der Waals surface area contributed by atoms with Crippen molar-refractivity contribution in [2.24, 2.45) is 0 Å². The summed E-state index contributed by atoms with van der Waals surface area (Å²) in [4.78, 5) is 4.13. The maximum atomic E-state index is 13.3. The monoisotopic (exact) mass is 286 g/mol. The van der Waals surface area contributed by atoms with E-state index in [1.54, 1.807) is 18.3 Å². The van der Waals surface area contributed by atoms with Crippen LogP contribution in [0.1, 0.15) is 22.5 Å². The highest BCUT2D eigenvalue weighted by Crippen LogP contribution is 2.26. The molecule has 0 radical (unpaired) electrons. The van der Waals surface area contributed by atoms with Gasteiger partial charge in [-0.2, -0.15) is 0 Å². The Morgan fingerprint density at radius 3 is 2.71 bits per heavy atom. The first kappa shape index (κ1) is 13.7. The Kier molecular flexibility index (Phi) is 3.45. The number of hydrogen-bond donors (Lipinski definition) is 0. The fourth-order valence-electron chi connectivity index (χ4n) is 2.68. The molecule has 3 aromatic rings. The molecular formula is C17H16F2N2. The predicted octanol–water partition coefficient (Wildman–Crippen LogP) is 4.31. The first-order valence-corrected chi connectivity index (χ1v) is 6.85. The van der Waals surface area contributed by atoms with Gasteiger partial charge in [0.05, 0.1) is 17.4 Å². The third-order valence-corrected chi connectivity index (χ3v) is 3.95. The van der Waals surface area contributed by atoms with Gasteiger partial charge < -0.3 is 4.57 Å². The molecule has 0 saturated heterocycles. The Morgan fingerprint density at radius 2 is 2.00 bits per heavy atom. The Labute approximate surface area is 122 Å². The quantitative estimate of drug-likeness (QED) is 0.701. The molecule has 2 aromatic heterocycles. The lowest BCUT2D eigenvalue weighted by atomic mass is 10.2. The van der Waals surface area contributed by atoms with Gasteiger partial charge >= 0.3 is 0 Å². The van der Waals surface area contributed by atoms with Gasteiger partial charge in [0.2, 0.25) is 0 Å². The zero-order valence-corrected chi connectivity index (χ0v) is 12.0. The summed E-state index contributed by atoms with van der Waals surface area (Å²) in [5, 5.41) is 1.01. The molecule has 108 valence electrons. The second-order valence-corrected chi connectivity index (χ2v) is 5.25. The predicted molar refractivity (Wildman–Crippen MR) is 79.5 cm³/mol. The molecule has 3 rings (SSSR count). The molecule has 4 heteroatoms. The van der Waals surface area contributed by atoms with Crippen LogP contribution in [0.3, 0.4) is 0 Å². The van der Waals surface area contributed by atoms with E-state index < -0.39 is 6.67 Å². The van der Waals surface area contributed by atoms with Crippen molar-refractivity contribution in [3.8, 4) is 0 Å². The average molecular weight is 286 g/mol. The fraction of sp³-hybridized carbons (Fsp3) is 0.235. The van der Waals surface area contributed by atoms with Crippen molar-refractivity contribution in [3.05, 3.63) is 64.9 Å². The number of pyridine rings is 1. The molecule has 0 atom stereocenters. The summed E-state index contributed by atoms with van der Waals surface area (Å²) in [7, 11) is 0. The molecule has 0 amide bonds. The van der Waals surface area contributed by atoms with Crippen LogP contribution in [-0.2, 0) is 13.2 Å². The molecule has 21 heavy (non-hydrogen) atoms. The highest BCUT2D eigenvalue weighted by Gasteiger charge is 2.12. The van der Waals surface area contributed by atoms with E-state index in [4.69, 9.17) is 0 Å². The number of benzene rings is 1. The van der Waals surface area contributed by atoms with Gasteiger partial charge in [-0.1, -0.05) is 12.1 Å². The van der Waals surface area contributed by atoms with Crippen LogP contribution in [0.25, 0.3) is 10.9 Å². The van der Waals surface area contributed by atoms with E-state index >= 15 is 0 Å². The van der Waals surface area contributed by atoms with Gasteiger partial charge in [0.25, 0.3) is 0 Å². The second kappa shape index (κ2) is 5.28. The van der Waals surface area contributed by atoms with Crippen LogP contribution in [0.2, 0.25) is 0 Å². The highest BCUT2D eigenvalue weighted by atomic mass is 19.1. The fourth-order valence-corrected chi connectivity index (χ4v) is 2.68. The van der Waals surface area contributed by atoms with E-state index in [0.29, 0.717) is 12.2 Å². The number of aryl methyl sites for hydroxylation is 1. The van der Waals surface area contributed by atoms with Crippen molar-refractivity contribution >= 4 is 10.9 Å². The first-order valence-electron chi connectivity index (χ1n) is 6.85. The standard InChI is InChI=1S/C17H16F2N2/c1-11-12(2)21(10-13-4-3-5-14(19)6-13)17-9-20-15(8-18)7-16(11)17/h3-7,9H,8,10H2,1-2H3. The van der Waals surface area contributed by atoms with E-state index in [1.807, 2.05) is 19.9 Å². The van der Waals surface area contributed by atoms with Crippen molar-refractivity contribution in [2.75, 3.05) is 0 Å². The molecule has 0 saturated carbocycles. The van der Waals surface area contributed by atoms with Crippen LogP contribution < -0.4 is 0 Å². The molecule has 0 spiro atoms. The molecule has 2 nitrogen and oxygen atoms in total. The summed E-state index contributed by atoms with van der Waals surface area (Å²) < 4.78 is 28.2. The summed E-state index contributed by atoms with van der Waals surface area (Å²) in [5.41, 5.74) is 4.48. The molecule has 0 N–H and O–H groups in total. The molecule has 2 heterocycles. The van der Waals surface area contributed by atoms with Gasteiger partial charge in [-0.3, -0.25) is 4.98 Å². The number of alkyl halides is 1. The smallest absolute Gasteiger partial charge is 0.131 e. The van der Waals surface area contributed by atoms with Crippen molar-refractivity contribution < 1.29 is 8.78 Å². The van der Waals surface area contributed by atoms with Crippen molar-refractivity contribution in [3.63, 3.8) is 0 Å². The summed E-state index contributed by atoms with van der Waals surface area (Å²) in [6.07, 6.45) is 1.70. The molecule has 1 aromatic carbocycles. The molecule has 0 aliphatic rings. The molecule has 0 bridgehead atoms. The van der Waals surface area contributed by atoms with Crippen LogP contribution in [0.4, 0.5) is 8.78 Å². The number of rotatable bonds is 3. The number of hydrogen-bond acceptors (Lipinski definition) is 1. The lowest BCUT2D eigenvalue weighted by Crippen LogP contribution is -2.02. The van der Waals surface area contributed by atoms with Crippen LogP contribution in [-0.4, -0.2) is 9.55 Å². The van der Waals surface area contributed by atoms with Gasteiger partial charge in [0, 0.05) is 17.6 Å². The van der Waals surface area contributed by atoms with Gasteiger partial charge in [-0.05, 0) is 43.2 Å². The SMILES string of the molecule is Cc1c(C)n(Cc2cccc(F)c2)c2cnc(CF)cc12. The Balaban J connectivity index is 2.12. The van der Waals surface area contributed by atoms with Crippen molar-refractivity contribution in [1.29, 1.82) is 0 Å². The number of halogens is 2. The Morgan fingerprint density at radius 1 is 1.19 bits per heavy atom. The lowest BCUT2D eigenvalue weighted by Gasteiger charge is -2.09. The van der Waals surface area contributed by atoms with E-state index in [-0.39, 0.29) is 5.82 Å². The minimum absolute atomic E-state index is 0.240. The summed E-state index contributed by atoms with van der Waals surface area (Å²) in [5.74, 6) is -0.240.